The minimum Gasteiger partial charge on any atom is -0.294 e. The normalized spacial score (nSPS) is 27.9. The van der Waals surface area contributed by atoms with Gasteiger partial charge in [0.25, 0.3) is 5.69 Å². The molecule has 0 aromatic heterocycles. The van der Waals surface area contributed by atoms with Crippen LogP contribution in [0.25, 0.3) is 0 Å². The molecule has 0 saturated heterocycles. The Morgan fingerprint density at radius 2 is 1.92 bits per heavy atom. The topological polar surface area (TPSA) is 103 Å². The molecule has 2 aliphatic rings. The number of nitro groups is 2. The number of hydrogen-bond acceptors (Lipinski definition) is 5. The molecule has 0 aliphatic heterocycles. The number of nitro benzene ring substituents is 1. The number of carbonyl (C=O) groups is 1. The maximum absolute atomic E-state index is 12.7. The fourth-order valence-electron chi connectivity index (χ4n) is 4.94. The Bertz CT molecular complexity index is 742. The van der Waals surface area contributed by atoms with E-state index in [1.165, 1.54) is 12.1 Å². The maximum Gasteiger partial charge on any atom is 0.280 e. The third-order valence-corrected chi connectivity index (χ3v) is 5.91. The van der Waals surface area contributed by atoms with Crippen LogP contribution < -0.4 is 0 Å². The summed E-state index contributed by atoms with van der Waals surface area (Å²) in [4.78, 5) is 34.6. The summed E-state index contributed by atoms with van der Waals surface area (Å²) >= 11 is 0. The lowest BCUT2D eigenvalue weighted by atomic mass is 9.49. The molecule has 0 radical (unpaired) electrons. The van der Waals surface area contributed by atoms with Crippen molar-refractivity contribution in [3.05, 3.63) is 49.6 Å². The number of ketones is 1. The number of nitrogens with zero attached hydrogens (tertiary/aromatic N) is 2. The summed E-state index contributed by atoms with van der Waals surface area (Å²) in [5.41, 5.74) is -0.671. The number of carbonyl (C=O) groups excluding carboxylic acids is 1. The summed E-state index contributed by atoms with van der Waals surface area (Å²) in [6, 6.07) is 4.53. The van der Waals surface area contributed by atoms with Gasteiger partial charge in [0.05, 0.1) is 15.9 Å². The number of rotatable bonds is 3. The molecule has 7 nitrogen and oxygen atoms in total. The molecule has 1 aromatic carbocycles. The molecule has 7 heteroatoms. The summed E-state index contributed by atoms with van der Waals surface area (Å²) in [5.74, 6) is -0.442. The van der Waals surface area contributed by atoms with Gasteiger partial charge in [-0.1, -0.05) is 32.4 Å². The van der Waals surface area contributed by atoms with Crippen molar-refractivity contribution in [2.24, 2.45) is 11.3 Å². The van der Waals surface area contributed by atoms with Crippen molar-refractivity contribution < 1.29 is 14.6 Å². The van der Waals surface area contributed by atoms with Crippen LogP contribution in [0.5, 0.6) is 0 Å². The van der Waals surface area contributed by atoms with Gasteiger partial charge >= 0.3 is 0 Å². The first-order valence-electron chi connectivity index (χ1n) is 8.12. The van der Waals surface area contributed by atoms with Crippen molar-refractivity contribution in [3.63, 3.8) is 0 Å². The third-order valence-electron chi connectivity index (χ3n) is 5.91. The van der Waals surface area contributed by atoms with E-state index in [1.807, 2.05) is 13.8 Å². The standard InChI is InChI=1S/C17H20N2O5/c1-16(2)7-4-8-17(10-18(21)22)11-5-3-6-12(19(23)24)15(11)13(20)9-14(16)17/h3,5-6,14H,4,7-10H2,1-2H3/t14-,17-/m0/s1. The van der Waals surface area contributed by atoms with Crippen LogP contribution in [0, 0.1) is 31.6 Å². The SMILES string of the molecule is CC1(C)CCC[C@]2(C[N+](=O)[O-])c3cccc([N+](=O)[O-])c3C(=O)C[C@@H]12. The van der Waals surface area contributed by atoms with Crippen LogP contribution in [-0.2, 0) is 5.41 Å². The van der Waals surface area contributed by atoms with Crippen LogP contribution in [0.4, 0.5) is 5.69 Å². The molecule has 128 valence electrons. The summed E-state index contributed by atoms with van der Waals surface area (Å²) < 4.78 is 0. The minimum absolute atomic E-state index is 0.0818. The maximum atomic E-state index is 12.7. The van der Waals surface area contributed by atoms with E-state index >= 15 is 0 Å². The Morgan fingerprint density at radius 1 is 1.21 bits per heavy atom. The number of benzene rings is 1. The Kier molecular flexibility index (Phi) is 3.69. The highest BCUT2D eigenvalue weighted by molar-refractivity contribution is 6.03. The van der Waals surface area contributed by atoms with Gasteiger partial charge in [0.2, 0.25) is 6.54 Å². The zero-order valence-corrected chi connectivity index (χ0v) is 13.8. The highest BCUT2D eigenvalue weighted by Gasteiger charge is 2.58. The van der Waals surface area contributed by atoms with E-state index in [0.717, 1.165) is 12.8 Å². The molecule has 0 spiro atoms. The van der Waals surface area contributed by atoms with E-state index in [-0.39, 0.29) is 46.3 Å². The lowest BCUT2D eigenvalue weighted by molar-refractivity contribution is -0.495. The fraction of sp³-hybridized carbons (Fsp3) is 0.588. The lowest BCUT2D eigenvalue weighted by Crippen LogP contribution is -2.54. The van der Waals surface area contributed by atoms with Gasteiger partial charge in [0.1, 0.15) is 0 Å². The second-order valence-corrected chi connectivity index (χ2v) is 7.63. The average molecular weight is 332 g/mol. The van der Waals surface area contributed by atoms with Gasteiger partial charge in [-0.2, -0.15) is 0 Å². The van der Waals surface area contributed by atoms with Gasteiger partial charge in [-0.3, -0.25) is 25.0 Å². The summed E-state index contributed by atoms with van der Waals surface area (Å²) in [6.45, 7) is 3.80. The summed E-state index contributed by atoms with van der Waals surface area (Å²) in [5, 5.41) is 22.8. The second kappa shape index (κ2) is 5.36. The molecule has 0 heterocycles. The van der Waals surface area contributed by atoms with Crippen LogP contribution in [0.15, 0.2) is 18.2 Å². The monoisotopic (exact) mass is 332 g/mol. The second-order valence-electron chi connectivity index (χ2n) is 7.63. The Morgan fingerprint density at radius 3 is 2.54 bits per heavy atom. The van der Waals surface area contributed by atoms with Crippen LogP contribution >= 0.6 is 0 Å². The molecule has 2 aliphatic carbocycles. The van der Waals surface area contributed by atoms with Gasteiger partial charge in [-0.05, 0) is 29.7 Å². The highest BCUT2D eigenvalue weighted by atomic mass is 16.6. The van der Waals surface area contributed by atoms with Gasteiger partial charge in [-0.15, -0.1) is 0 Å². The fourth-order valence-corrected chi connectivity index (χ4v) is 4.94. The first-order valence-corrected chi connectivity index (χ1v) is 8.12. The molecule has 3 rings (SSSR count). The predicted octanol–water partition coefficient (Wildman–Crippen LogP) is 3.52. The lowest BCUT2D eigenvalue weighted by Gasteiger charge is -2.53. The van der Waals surface area contributed by atoms with Gasteiger partial charge < -0.3 is 0 Å². The number of fused-ring (bicyclic) bond motifs is 3. The van der Waals surface area contributed by atoms with Gasteiger partial charge in [0, 0.05) is 17.4 Å². The first kappa shape index (κ1) is 16.5. The first-order chi connectivity index (χ1) is 11.2. The number of hydrogen-bond donors (Lipinski definition) is 0. The van der Waals surface area contributed by atoms with E-state index in [9.17, 15) is 25.0 Å². The van der Waals surface area contributed by atoms with E-state index in [1.54, 1.807) is 6.07 Å². The van der Waals surface area contributed by atoms with Crippen LogP contribution in [0.3, 0.4) is 0 Å². The molecule has 24 heavy (non-hydrogen) atoms. The van der Waals surface area contributed by atoms with Crippen molar-refractivity contribution in [2.45, 2.75) is 44.9 Å². The van der Waals surface area contributed by atoms with Crippen molar-refractivity contribution in [1.82, 2.24) is 0 Å². The Labute approximate surface area is 139 Å². The van der Waals surface area contributed by atoms with Crippen LogP contribution in [-0.4, -0.2) is 22.2 Å². The van der Waals surface area contributed by atoms with Gasteiger partial charge in [0.15, 0.2) is 5.78 Å². The molecule has 0 unspecified atom stereocenters. The van der Waals surface area contributed by atoms with E-state index in [0.29, 0.717) is 12.0 Å². The molecule has 2 atom stereocenters. The van der Waals surface area contributed by atoms with Crippen molar-refractivity contribution in [1.29, 1.82) is 0 Å². The molecule has 0 amide bonds. The van der Waals surface area contributed by atoms with Crippen molar-refractivity contribution in [3.8, 4) is 0 Å². The third kappa shape index (κ3) is 2.30. The molecule has 0 bridgehead atoms. The van der Waals surface area contributed by atoms with Crippen molar-refractivity contribution in [2.75, 3.05) is 6.54 Å². The van der Waals surface area contributed by atoms with E-state index in [2.05, 4.69) is 0 Å². The molecular formula is C17H20N2O5. The predicted molar refractivity (Wildman–Crippen MR) is 86.7 cm³/mol. The molecule has 0 N–H and O–H groups in total. The van der Waals surface area contributed by atoms with E-state index in [4.69, 9.17) is 0 Å². The van der Waals surface area contributed by atoms with Crippen LogP contribution in [0.1, 0.15) is 55.5 Å². The Hall–Kier alpha value is -2.31. The summed E-state index contributed by atoms with van der Waals surface area (Å²) in [7, 11) is 0. The smallest absolute Gasteiger partial charge is 0.280 e. The van der Waals surface area contributed by atoms with E-state index < -0.39 is 10.3 Å². The summed E-state index contributed by atoms with van der Waals surface area (Å²) in [6.07, 6.45) is 2.44. The highest BCUT2D eigenvalue weighted by Crippen LogP contribution is 2.58. The van der Waals surface area contributed by atoms with Gasteiger partial charge in [-0.25, -0.2) is 0 Å². The van der Waals surface area contributed by atoms with Crippen LogP contribution in [0.2, 0.25) is 0 Å². The zero-order chi connectivity index (χ0) is 17.7. The largest absolute Gasteiger partial charge is 0.294 e. The molecule has 1 aromatic rings. The quantitative estimate of drug-likeness (QED) is 0.622. The molecule has 1 saturated carbocycles. The zero-order valence-electron chi connectivity index (χ0n) is 13.8. The number of Topliss-reactive ketones (excluding diaryl/α,β-unsaturated/α-hetero) is 1. The Balaban J connectivity index is 2.29. The average Bonchev–Trinajstić information content (AvgIpc) is 2.48. The van der Waals surface area contributed by atoms with Crippen molar-refractivity contribution >= 4 is 11.5 Å². The minimum atomic E-state index is -0.805. The molecule has 1 fully saturated rings. The molecular weight excluding hydrogens is 312 g/mol.